The van der Waals surface area contributed by atoms with Crippen LogP contribution in [0.2, 0.25) is 0 Å². The van der Waals surface area contributed by atoms with Crippen LogP contribution >= 0.6 is 0 Å². The Kier molecular flexibility index (Phi) is 6.09. The molecule has 2 saturated heterocycles. The van der Waals surface area contributed by atoms with Crippen molar-refractivity contribution in [1.82, 2.24) is 4.90 Å². The summed E-state index contributed by atoms with van der Waals surface area (Å²) in [5, 5.41) is 7.00. The number of hydrogen-bond acceptors (Lipinski definition) is 3. The van der Waals surface area contributed by atoms with Gasteiger partial charge in [-0.1, -0.05) is 0 Å². The molecule has 2 unspecified atom stereocenters. The highest BCUT2D eigenvalue weighted by Gasteiger charge is 2.86. The van der Waals surface area contributed by atoms with Crippen LogP contribution in [0.1, 0.15) is 19.3 Å². The number of ether oxygens (including phenoxy) is 1. The van der Waals surface area contributed by atoms with E-state index in [4.69, 9.17) is 5.11 Å². The maximum Gasteiger partial charge on any atom is 0.435 e. The molecule has 2 aliphatic heterocycles. The van der Waals surface area contributed by atoms with E-state index in [1.165, 1.54) is 0 Å². The van der Waals surface area contributed by atoms with Crippen molar-refractivity contribution in [2.45, 2.75) is 55.5 Å². The summed E-state index contributed by atoms with van der Waals surface area (Å²) in [6.07, 6.45) is -20.8. The van der Waals surface area contributed by atoms with Gasteiger partial charge in [-0.15, -0.1) is 0 Å². The van der Waals surface area contributed by atoms with E-state index >= 15 is 0 Å². The van der Waals surface area contributed by atoms with Crippen molar-refractivity contribution < 1.29 is 49.4 Å². The highest BCUT2D eigenvalue weighted by atomic mass is 19.4. The lowest BCUT2D eigenvalue weighted by Gasteiger charge is -2.39. The zero-order chi connectivity index (χ0) is 19.0. The average molecular weight is 377 g/mol. The molecule has 24 heavy (non-hydrogen) atoms. The van der Waals surface area contributed by atoms with Crippen LogP contribution < -0.4 is 0 Å². The van der Waals surface area contributed by atoms with E-state index in [0.29, 0.717) is 19.4 Å². The van der Waals surface area contributed by atoms with Gasteiger partial charge < -0.3 is 9.84 Å². The van der Waals surface area contributed by atoms with Gasteiger partial charge in [0.1, 0.15) is 0 Å². The van der Waals surface area contributed by atoms with Crippen molar-refractivity contribution in [2.24, 2.45) is 0 Å². The quantitative estimate of drug-likeness (QED) is 0.750. The van der Waals surface area contributed by atoms with Gasteiger partial charge in [0.15, 0.2) is 0 Å². The van der Waals surface area contributed by atoms with E-state index in [9.17, 15) is 39.5 Å². The lowest BCUT2D eigenvalue weighted by Crippen LogP contribution is -2.68. The Morgan fingerprint density at radius 3 is 1.71 bits per heavy atom. The maximum absolute atomic E-state index is 12.7. The van der Waals surface area contributed by atoms with Gasteiger partial charge in [-0.3, -0.25) is 4.90 Å². The first-order valence-corrected chi connectivity index (χ1v) is 6.86. The van der Waals surface area contributed by atoms with Gasteiger partial charge in [0.2, 0.25) is 0 Å². The molecule has 0 aromatic rings. The molecule has 12 heteroatoms. The van der Waals surface area contributed by atoms with E-state index < -0.39 is 30.2 Å². The number of hydrogen-bond donors (Lipinski definition) is 1. The summed E-state index contributed by atoms with van der Waals surface area (Å²) >= 11 is 0. The standard InChI is InChI=1S/C11H12F9NO.CH4O/c12-9(13,14)8(10(15,16)17,11(18,19)20)22-7-4-6-2-1-3-21(6)5-7;1-2/h6-7H,1-5H2;2H,1H3. The second-order valence-corrected chi connectivity index (χ2v) is 5.44. The number of aliphatic hydroxyl groups excluding tert-OH is 1. The first-order chi connectivity index (χ1) is 10.8. The van der Waals surface area contributed by atoms with Gasteiger partial charge in [-0.2, -0.15) is 39.5 Å². The van der Waals surface area contributed by atoms with Gasteiger partial charge in [0, 0.05) is 19.7 Å². The third-order valence-corrected chi connectivity index (χ3v) is 4.01. The van der Waals surface area contributed by atoms with Gasteiger partial charge in [0.05, 0.1) is 6.10 Å². The fourth-order valence-electron chi connectivity index (χ4n) is 3.06. The van der Waals surface area contributed by atoms with Crippen LogP contribution in [0.25, 0.3) is 0 Å². The van der Waals surface area contributed by atoms with Crippen LogP contribution in [0, 0.1) is 0 Å². The molecule has 0 radical (unpaired) electrons. The molecule has 0 saturated carbocycles. The predicted octanol–water partition coefficient (Wildman–Crippen LogP) is 3.27. The Hall–Kier alpha value is -0.750. The van der Waals surface area contributed by atoms with E-state index in [1.54, 1.807) is 4.90 Å². The predicted molar refractivity (Wildman–Crippen MR) is 63.1 cm³/mol. The molecule has 2 heterocycles. The van der Waals surface area contributed by atoms with Crippen LogP contribution in [0.4, 0.5) is 39.5 Å². The lowest BCUT2D eigenvalue weighted by atomic mass is 10.0. The second kappa shape index (κ2) is 6.87. The Bertz CT molecular complexity index is 370. The minimum absolute atomic E-state index is 0.274. The summed E-state index contributed by atoms with van der Waals surface area (Å²) in [5.41, 5.74) is -6.16. The molecule has 2 atom stereocenters. The second-order valence-electron chi connectivity index (χ2n) is 5.44. The molecule has 3 nitrogen and oxygen atoms in total. The summed E-state index contributed by atoms with van der Waals surface area (Å²) in [7, 11) is 1.00. The smallest absolute Gasteiger partial charge is 0.400 e. The Labute approximate surface area is 131 Å². The number of aliphatic hydroxyl groups is 1. The zero-order valence-corrected chi connectivity index (χ0v) is 12.4. The normalized spacial score (nSPS) is 26.1. The SMILES string of the molecule is CO.FC(F)(F)C(OC1CC2CCCN2C1)(C(F)(F)F)C(F)(F)F. The van der Waals surface area contributed by atoms with Gasteiger partial charge in [-0.05, 0) is 25.8 Å². The van der Waals surface area contributed by atoms with Crippen molar-refractivity contribution in [3.8, 4) is 0 Å². The number of rotatable bonds is 2. The summed E-state index contributed by atoms with van der Waals surface area (Å²) in [6, 6.07) is -0.322. The summed E-state index contributed by atoms with van der Waals surface area (Å²) in [5.74, 6) is 0. The van der Waals surface area contributed by atoms with Gasteiger partial charge >= 0.3 is 24.1 Å². The van der Waals surface area contributed by atoms with Gasteiger partial charge in [0.25, 0.3) is 0 Å². The molecule has 2 aliphatic rings. The Balaban J connectivity index is 0.00000139. The third-order valence-electron chi connectivity index (χ3n) is 4.01. The molecule has 144 valence electrons. The highest BCUT2D eigenvalue weighted by Crippen LogP contribution is 2.56. The summed E-state index contributed by atoms with van der Waals surface area (Å²) in [6.45, 7) is 0.0657. The van der Waals surface area contributed by atoms with Gasteiger partial charge in [-0.25, -0.2) is 0 Å². The first kappa shape index (κ1) is 21.3. The Morgan fingerprint density at radius 2 is 1.33 bits per heavy atom. The molecule has 0 aromatic carbocycles. The fraction of sp³-hybridized carbons (Fsp3) is 1.00. The van der Waals surface area contributed by atoms with Crippen molar-refractivity contribution >= 4 is 0 Å². The minimum Gasteiger partial charge on any atom is -0.400 e. The number of halogens is 9. The van der Waals surface area contributed by atoms with E-state index in [1.807, 2.05) is 0 Å². The monoisotopic (exact) mass is 377 g/mol. The lowest BCUT2D eigenvalue weighted by molar-refractivity contribution is -0.463. The molecule has 2 fully saturated rings. The average Bonchev–Trinajstić information content (AvgIpc) is 2.94. The van der Waals surface area contributed by atoms with Crippen LogP contribution in [-0.4, -0.2) is 66.5 Å². The van der Waals surface area contributed by atoms with Crippen molar-refractivity contribution in [1.29, 1.82) is 0 Å². The van der Waals surface area contributed by atoms with Crippen molar-refractivity contribution in [2.75, 3.05) is 20.2 Å². The molecule has 0 amide bonds. The Morgan fingerprint density at radius 1 is 0.875 bits per heavy atom. The summed E-state index contributed by atoms with van der Waals surface area (Å²) in [4.78, 5) is 1.55. The fourth-order valence-corrected chi connectivity index (χ4v) is 3.06. The molecular weight excluding hydrogens is 361 g/mol. The van der Waals surface area contributed by atoms with E-state index in [2.05, 4.69) is 4.74 Å². The topological polar surface area (TPSA) is 32.7 Å². The molecule has 0 aromatic heterocycles. The minimum atomic E-state index is -6.66. The zero-order valence-electron chi connectivity index (χ0n) is 12.4. The third kappa shape index (κ3) is 3.59. The maximum atomic E-state index is 12.7. The van der Waals surface area contributed by atoms with Crippen LogP contribution in [-0.2, 0) is 4.74 Å². The number of alkyl halides is 9. The van der Waals surface area contributed by atoms with Crippen molar-refractivity contribution in [3.05, 3.63) is 0 Å². The number of fused-ring (bicyclic) bond motifs is 1. The molecule has 0 bridgehead atoms. The number of nitrogens with zero attached hydrogens (tertiary/aromatic N) is 1. The van der Waals surface area contributed by atoms with Crippen LogP contribution in [0.15, 0.2) is 0 Å². The van der Waals surface area contributed by atoms with E-state index in [-0.39, 0.29) is 19.0 Å². The largest absolute Gasteiger partial charge is 0.435 e. The van der Waals surface area contributed by atoms with Crippen LogP contribution in [0.5, 0.6) is 0 Å². The molecular formula is C12H16F9NO2. The highest BCUT2D eigenvalue weighted by molar-refractivity contribution is 5.04. The first-order valence-electron chi connectivity index (χ1n) is 6.86. The summed E-state index contributed by atoms with van der Waals surface area (Å²) < 4.78 is 118. The molecule has 0 spiro atoms. The molecule has 0 aliphatic carbocycles. The molecule has 2 rings (SSSR count). The molecule has 1 N–H and O–H groups in total. The van der Waals surface area contributed by atoms with E-state index in [0.717, 1.165) is 7.11 Å². The van der Waals surface area contributed by atoms with Crippen molar-refractivity contribution in [3.63, 3.8) is 0 Å². The van der Waals surface area contributed by atoms with Crippen LogP contribution in [0.3, 0.4) is 0 Å².